The Bertz CT molecular complexity index is 503. The van der Waals surface area contributed by atoms with Crippen molar-refractivity contribution in [1.82, 2.24) is 0 Å². The molecule has 166 valence electrons. The van der Waals surface area contributed by atoms with E-state index in [0.29, 0.717) is 6.61 Å². The maximum absolute atomic E-state index is 10.6. The largest absolute Gasteiger partial charge is 0.481 e. The zero-order chi connectivity index (χ0) is 21.2. The maximum Gasteiger partial charge on any atom is 0.303 e. The van der Waals surface area contributed by atoms with Gasteiger partial charge in [-0.3, -0.25) is 4.79 Å². The highest BCUT2D eigenvalue weighted by Crippen LogP contribution is 2.18. The number of aliphatic hydroxyl groups excluding tert-OH is 1. The molecule has 2 unspecified atom stereocenters. The maximum atomic E-state index is 10.6. The van der Waals surface area contributed by atoms with Crippen molar-refractivity contribution in [2.45, 2.75) is 116 Å². The van der Waals surface area contributed by atoms with Crippen LogP contribution in [0.4, 0.5) is 0 Å². The van der Waals surface area contributed by atoms with Gasteiger partial charge in [-0.2, -0.15) is 0 Å². The third-order valence-corrected chi connectivity index (χ3v) is 5.45. The molecule has 2 atom stereocenters. The second-order valence-corrected chi connectivity index (χ2v) is 8.20. The zero-order valence-corrected chi connectivity index (χ0v) is 18.4. The lowest BCUT2D eigenvalue weighted by molar-refractivity contribution is -0.137. The van der Waals surface area contributed by atoms with Gasteiger partial charge in [0.2, 0.25) is 0 Å². The average Bonchev–Trinajstić information content (AvgIpc) is 2.71. The number of carboxylic acid groups (broad SMARTS) is 1. The molecule has 0 amide bonds. The molecule has 2 N–H and O–H groups in total. The Kier molecular flexibility index (Phi) is 15.4. The number of ether oxygens (including phenoxy) is 1. The van der Waals surface area contributed by atoms with Gasteiger partial charge in [-0.15, -0.1) is 0 Å². The van der Waals surface area contributed by atoms with E-state index in [9.17, 15) is 9.90 Å². The van der Waals surface area contributed by atoms with Crippen molar-refractivity contribution in [3.05, 3.63) is 35.9 Å². The minimum Gasteiger partial charge on any atom is -0.481 e. The van der Waals surface area contributed by atoms with Gasteiger partial charge in [0, 0.05) is 6.42 Å². The number of carboxylic acids is 1. The molecule has 29 heavy (non-hydrogen) atoms. The Morgan fingerprint density at radius 1 is 0.862 bits per heavy atom. The zero-order valence-electron chi connectivity index (χ0n) is 18.4. The van der Waals surface area contributed by atoms with Crippen molar-refractivity contribution in [3.8, 4) is 0 Å². The van der Waals surface area contributed by atoms with E-state index in [-0.39, 0.29) is 18.6 Å². The molecule has 0 aromatic heterocycles. The molecule has 0 heterocycles. The summed E-state index contributed by atoms with van der Waals surface area (Å²) in [6.07, 6.45) is 13.8. The summed E-state index contributed by atoms with van der Waals surface area (Å²) in [6.45, 7) is 2.83. The number of aliphatic hydroxyl groups is 1. The first-order chi connectivity index (χ1) is 14.1. The lowest BCUT2D eigenvalue weighted by Crippen LogP contribution is -2.13. The Labute approximate surface area is 177 Å². The summed E-state index contributed by atoms with van der Waals surface area (Å²) < 4.78 is 6.18. The minimum atomic E-state index is -0.709. The SMILES string of the molecule is CCCCCC(O)CCCCCC(CCCCCC(=O)O)OCc1ccccc1. The van der Waals surface area contributed by atoms with E-state index in [0.717, 1.165) is 70.6 Å². The fourth-order valence-electron chi connectivity index (χ4n) is 3.63. The Hall–Kier alpha value is -1.39. The van der Waals surface area contributed by atoms with Crippen LogP contribution in [0.15, 0.2) is 30.3 Å². The van der Waals surface area contributed by atoms with Crippen LogP contribution in [0.1, 0.15) is 102 Å². The number of hydrogen-bond donors (Lipinski definition) is 2. The molecule has 0 bridgehead atoms. The van der Waals surface area contributed by atoms with Gasteiger partial charge >= 0.3 is 5.97 Å². The third-order valence-electron chi connectivity index (χ3n) is 5.45. The van der Waals surface area contributed by atoms with E-state index < -0.39 is 5.97 Å². The molecule has 0 fully saturated rings. The van der Waals surface area contributed by atoms with E-state index >= 15 is 0 Å². The molecule has 0 spiro atoms. The summed E-state index contributed by atoms with van der Waals surface area (Å²) in [4.78, 5) is 10.6. The first kappa shape index (κ1) is 25.6. The Morgan fingerprint density at radius 3 is 2.07 bits per heavy atom. The smallest absolute Gasteiger partial charge is 0.303 e. The van der Waals surface area contributed by atoms with E-state index in [1.165, 1.54) is 18.4 Å². The van der Waals surface area contributed by atoms with Gasteiger partial charge < -0.3 is 14.9 Å². The van der Waals surface area contributed by atoms with Gasteiger partial charge in [-0.25, -0.2) is 0 Å². The first-order valence-corrected chi connectivity index (χ1v) is 11.7. The molecule has 1 aromatic carbocycles. The van der Waals surface area contributed by atoms with Gasteiger partial charge in [-0.05, 0) is 37.7 Å². The number of unbranched alkanes of at least 4 members (excludes halogenated alkanes) is 6. The highest BCUT2D eigenvalue weighted by atomic mass is 16.5. The van der Waals surface area contributed by atoms with Gasteiger partial charge in [0.05, 0.1) is 18.8 Å². The van der Waals surface area contributed by atoms with Crippen molar-refractivity contribution < 1.29 is 19.7 Å². The summed E-state index contributed by atoms with van der Waals surface area (Å²) in [5.74, 6) is -0.709. The molecule has 1 aromatic rings. The highest BCUT2D eigenvalue weighted by molar-refractivity contribution is 5.66. The predicted molar refractivity (Wildman–Crippen MR) is 119 cm³/mol. The van der Waals surface area contributed by atoms with Crippen LogP contribution in [0.3, 0.4) is 0 Å². The second kappa shape index (κ2) is 17.5. The Balaban J connectivity index is 2.24. The molecule has 0 aliphatic carbocycles. The van der Waals surface area contributed by atoms with Crippen LogP contribution in [0.25, 0.3) is 0 Å². The molecular weight excluding hydrogens is 364 g/mol. The number of carbonyl (C=O) groups is 1. The van der Waals surface area contributed by atoms with E-state index in [4.69, 9.17) is 9.84 Å². The summed E-state index contributed by atoms with van der Waals surface area (Å²) in [6, 6.07) is 10.3. The summed E-state index contributed by atoms with van der Waals surface area (Å²) >= 11 is 0. The van der Waals surface area contributed by atoms with E-state index in [1.807, 2.05) is 18.2 Å². The van der Waals surface area contributed by atoms with Crippen LogP contribution in [-0.2, 0) is 16.1 Å². The minimum absolute atomic E-state index is 0.138. The monoisotopic (exact) mass is 406 g/mol. The molecule has 4 heteroatoms. The van der Waals surface area contributed by atoms with E-state index in [1.54, 1.807) is 0 Å². The van der Waals surface area contributed by atoms with Crippen molar-refractivity contribution in [3.63, 3.8) is 0 Å². The van der Waals surface area contributed by atoms with Crippen molar-refractivity contribution in [2.24, 2.45) is 0 Å². The second-order valence-electron chi connectivity index (χ2n) is 8.20. The molecular formula is C25H42O4. The van der Waals surface area contributed by atoms with Crippen molar-refractivity contribution in [2.75, 3.05) is 0 Å². The van der Waals surface area contributed by atoms with E-state index in [2.05, 4.69) is 19.1 Å². The number of benzene rings is 1. The van der Waals surface area contributed by atoms with Gasteiger partial charge in [0.15, 0.2) is 0 Å². The van der Waals surface area contributed by atoms with Gasteiger partial charge in [-0.1, -0.05) is 88.6 Å². The number of hydrogen-bond acceptors (Lipinski definition) is 3. The summed E-state index contributed by atoms with van der Waals surface area (Å²) in [5.41, 5.74) is 1.19. The lowest BCUT2D eigenvalue weighted by atomic mass is 10.0. The third kappa shape index (κ3) is 15.2. The van der Waals surface area contributed by atoms with Crippen LogP contribution in [-0.4, -0.2) is 28.4 Å². The topological polar surface area (TPSA) is 66.8 Å². The summed E-state index contributed by atoms with van der Waals surface area (Å²) in [5, 5.41) is 18.8. The fourth-order valence-corrected chi connectivity index (χ4v) is 3.63. The molecule has 0 radical (unpaired) electrons. The van der Waals surface area contributed by atoms with Crippen molar-refractivity contribution >= 4 is 5.97 Å². The highest BCUT2D eigenvalue weighted by Gasteiger charge is 2.10. The normalized spacial score (nSPS) is 13.3. The predicted octanol–water partition coefficient (Wildman–Crippen LogP) is 6.50. The standard InChI is InChI=1S/C25H42O4/c1-2-3-7-16-23(26)17-10-5-11-18-24(19-12-6-13-20-25(27)28)29-21-22-14-8-4-9-15-22/h4,8-9,14-15,23-24,26H,2-3,5-7,10-13,16-21H2,1H3,(H,27,28). The van der Waals surface area contributed by atoms with Crippen LogP contribution < -0.4 is 0 Å². The lowest BCUT2D eigenvalue weighted by Gasteiger charge is -2.18. The fraction of sp³-hybridized carbons (Fsp3) is 0.720. The molecule has 4 nitrogen and oxygen atoms in total. The molecule has 0 aliphatic rings. The van der Waals surface area contributed by atoms with Crippen LogP contribution in [0.5, 0.6) is 0 Å². The Morgan fingerprint density at radius 2 is 1.45 bits per heavy atom. The average molecular weight is 407 g/mol. The molecule has 0 aliphatic heterocycles. The first-order valence-electron chi connectivity index (χ1n) is 11.7. The quantitative estimate of drug-likeness (QED) is 0.257. The van der Waals surface area contributed by atoms with Crippen LogP contribution >= 0.6 is 0 Å². The number of rotatable bonds is 19. The van der Waals surface area contributed by atoms with Crippen LogP contribution in [0, 0.1) is 0 Å². The van der Waals surface area contributed by atoms with Gasteiger partial charge in [0.25, 0.3) is 0 Å². The summed E-state index contributed by atoms with van der Waals surface area (Å²) in [7, 11) is 0. The molecule has 0 saturated heterocycles. The van der Waals surface area contributed by atoms with Crippen LogP contribution in [0.2, 0.25) is 0 Å². The number of aliphatic carboxylic acids is 1. The van der Waals surface area contributed by atoms with Crippen molar-refractivity contribution in [1.29, 1.82) is 0 Å². The molecule has 1 rings (SSSR count). The molecule has 0 saturated carbocycles. The van der Waals surface area contributed by atoms with Gasteiger partial charge in [0.1, 0.15) is 0 Å².